The van der Waals surface area contributed by atoms with Crippen LogP contribution in [0.15, 0.2) is 180 Å². The lowest BCUT2D eigenvalue weighted by atomic mass is 9.91. The number of amidine groups is 1. The van der Waals surface area contributed by atoms with E-state index in [9.17, 15) is 0 Å². The molecule has 1 aromatic heterocycles. The summed E-state index contributed by atoms with van der Waals surface area (Å²) >= 11 is 1.87. The number of aliphatic imine (C=N–C) groups is 2. The molecule has 50 heavy (non-hydrogen) atoms. The molecule has 0 saturated heterocycles. The van der Waals surface area contributed by atoms with Gasteiger partial charge in [0, 0.05) is 37.2 Å². The highest BCUT2D eigenvalue weighted by Crippen LogP contribution is 2.42. The fourth-order valence-corrected chi connectivity index (χ4v) is 8.45. The molecule has 0 fully saturated rings. The van der Waals surface area contributed by atoms with Gasteiger partial charge in [0.05, 0.1) is 11.4 Å². The lowest BCUT2D eigenvalue weighted by molar-refractivity contribution is 0.819. The molecule has 1 atom stereocenters. The van der Waals surface area contributed by atoms with Gasteiger partial charge in [-0.2, -0.15) is 0 Å². The van der Waals surface area contributed by atoms with E-state index < -0.39 is 0 Å². The van der Waals surface area contributed by atoms with E-state index in [4.69, 9.17) is 9.98 Å². The summed E-state index contributed by atoms with van der Waals surface area (Å²) < 4.78 is 2.59. The molecule has 2 heterocycles. The van der Waals surface area contributed by atoms with Gasteiger partial charge < -0.3 is 0 Å². The Labute approximate surface area is 296 Å². The molecule has 0 spiro atoms. The normalized spacial score (nSPS) is 14.7. The number of hydrogen-bond acceptors (Lipinski definition) is 3. The van der Waals surface area contributed by atoms with Crippen LogP contribution in [0.25, 0.3) is 58.9 Å². The molecule has 0 N–H and O–H groups in total. The van der Waals surface area contributed by atoms with Gasteiger partial charge in [0.15, 0.2) is 5.84 Å². The maximum absolute atomic E-state index is 5.45. The van der Waals surface area contributed by atoms with Gasteiger partial charge in [-0.15, -0.1) is 11.3 Å². The molecule has 0 amide bonds. The fraction of sp³-hybridized carbons (Fsp3) is 0.0638. The zero-order valence-corrected chi connectivity index (χ0v) is 28.6. The van der Waals surface area contributed by atoms with E-state index in [0.29, 0.717) is 0 Å². The molecule has 0 bridgehead atoms. The third kappa shape index (κ3) is 5.46. The molecule has 1 aliphatic heterocycles. The molecule has 8 aromatic rings. The van der Waals surface area contributed by atoms with Crippen LogP contribution in [0.4, 0.5) is 0 Å². The number of hydrogen-bond donors (Lipinski definition) is 0. The Kier molecular flexibility index (Phi) is 7.76. The van der Waals surface area contributed by atoms with E-state index in [0.717, 1.165) is 40.4 Å². The van der Waals surface area contributed by atoms with Crippen LogP contribution in [0, 0.1) is 5.92 Å². The molecule has 0 saturated carbocycles. The molecule has 0 radical (unpaired) electrons. The Balaban J connectivity index is 1.22. The first-order valence-corrected chi connectivity index (χ1v) is 18.1. The van der Waals surface area contributed by atoms with Crippen molar-refractivity contribution in [2.24, 2.45) is 15.9 Å². The predicted octanol–water partition coefficient (Wildman–Crippen LogP) is 12.9. The second-order valence-electron chi connectivity index (χ2n) is 12.8. The van der Waals surface area contributed by atoms with Gasteiger partial charge in [-0.1, -0.05) is 165 Å². The van der Waals surface area contributed by atoms with E-state index in [1.54, 1.807) is 0 Å². The molecule has 9 rings (SSSR count). The van der Waals surface area contributed by atoms with Crippen molar-refractivity contribution in [3.05, 3.63) is 187 Å². The Morgan fingerprint density at radius 1 is 0.500 bits per heavy atom. The van der Waals surface area contributed by atoms with Crippen LogP contribution >= 0.6 is 11.3 Å². The maximum atomic E-state index is 5.45. The lowest BCUT2D eigenvalue weighted by Gasteiger charge is -2.15. The number of benzene rings is 7. The predicted molar refractivity (Wildman–Crippen MR) is 215 cm³/mol. The first-order valence-electron chi connectivity index (χ1n) is 17.3. The van der Waals surface area contributed by atoms with Crippen LogP contribution in [-0.4, -0.2) is 11.5 Å². The second-order valence-corrected chi connectivity index (χ2v) is 13.9. The van der Waals surface area contributed by atoms with Crippen LogP contribution < -0.4 is 0 Å². The van der Waals surface area contributed by atoms with Crippen molar-refractivity contribution in [2.75, 3.05) is 0 Å². The number of rotatable bonds is 6. The van der Waals surface area contributed by atoms with Gasteiger partial charge in [-0.25, -0.2) is 9.98 Å². The molecule has 0 aliphatic carbocycles. The van der Waals surface area contributed by atoms with Crippen molar-refractivity contribution in [2.45, 2.75) is 13.3 Å². The monoisotopic (exact) mass is 658 g/mol. The van der Waals surface area contributed by atoms with Crippen molar-refractivity contribution >= 4 is 59.5 Å². The Hall–Kier alpha value is -5.90. The van der Waals surface area contributed by atoms with Crippen LogP contribution in [0.1, 0.15) is 30.0 Å². The summed E-state index contributed by atoms with van der Waals surface area (Å²) in [6.45, 7) is 2.25. The molecule has 1 aliphatic rings. The average molecular weight is 659 g/mol. The molecule has 238 valence electrons. The minimum atomic E-state index is 0.0819. The first kappa shape index (κ1) is 30.2. The van der Waals surface area contributed by atoms with Gasteiger partial charge in [0.25, 0.3) is 0 Å². The third-order valence-corrected chi connectivity index (χ3v) is 11.0. The van der Waals surface area contributed by atoms with Crippen molar-refractivity contribution in [1.82, 2.24) is 0 Å². The number of allylic oxidation sites excluding steroid dienone is 1. The second kappa shape index (κ2) is 12.9. The van der Waals surface area contributed by atoms with Crippen LogP contribution in [0.3, 0.4) is 0 Å². The highest BCUT2D eigenvalue weighted by Gasteiger charge is 2.23. The topological polar surface area (TPSA) is 24.7 Å². The molecule has 3 heteroatoms. The van der Waals surface area contributed by atoms with Gasteiger partial charge in [-0.3, -0.25) is 0 Å². The quantitative estimate of drug-likeness (QED) is 0.170. The Morgan fingerprint density at radius 3 is 1.78 bits per heavy atom. The van der Waals surface area contributed by atoms with E-state index in [1.807, 2.05) is 11.3 Å². The van der Waals surface area contributed by atoms with Crippen LogP contribution in [0.2, 0.25) is 0 Å². The van der Waals surface area contributed by atoms with Gasteiger partial charge >= 0.3 is 0 Å². The zero-order chi connectivity index (χ0) is 33.4. The SMILES string of the molecule is CCC1C=C(c2cccc3sc4c5ccccc5ccc4c23)N=C(c2ccc(-c3ccccc3)cc2)N=C1c1ccc(-c2ccccc2)cc1. The number of nitrogens with zero attached hydrogens (tertiary/aromatic N) is 2. The van der Waals surface area contributed by atoms with Gasteiger partial charge in [-0.05, 0) is 57.2 Å². The van der Waals surface area contributed by atoms with E-state index in [-0.39, 0.29) is 5.92 Å². The molecule has 1 unspecified atom stereocenters. The highest BCUT2D eigenvalue weighted by molar-refractivity contribution is 7.26. The van der Waals surface area contributed by atoms with E-state index in [1.165, 1.54) is 53.2 Å². The number of fused-ring (bicyclic) bond motifs is 5. The van der Waals surface area contributed by atoms with Crippen molar-refractivity contribution in [1.29, 1.82) is 0 Å². The minimum Gasteiger partial charge on any atom is -0.232 e. The summed E-state index contributed by atoms with van der Waals surface area (Å²) in [5.41, 5.74) is 10.1. The maximum Gasteiger partial charge on any atom is 0.160 e. The van der Waals surface area contributed by atoms with Crippen LogP contribution in [-0.2, 0) is 0 Å². The summed E-state index contributed by atoms with van der Waals surface area (Å²) in [7, 11) is 0. The van der Waals surface area contributed by atoms with Gasteiger partial charge in [0.2, 0.25) is 0 Å². The highest BCUT2D eigenvalue weighted by atomic mass is 32.1. The van der Waals surface area contributed by atoms with Crippen molar-refractivity contribution in [3.63, 3.8) is 0 Å². The Morgan fingerprint density at radius 2 is 1.10 bits per heavy atom. The fourth-order valence-electron chi connectivity index (χ4n) is 7.19. The van der Waals surface area contributed by atoms with E-state index in [2.05, 4.69) is 177 Å². The van der Waals surface area contributed by atoms with Crippen LogP contribution in [0.5, 0.6) is 0 Å². The van der Waals surface area contributed by atoms with Gasteiger partial charge in [0.1, 0.15) is 0 Å². The zero-order valence-electron chi connectivity index (χ0n) is 27.8. The standard InChI is InChI=1S/C47H34N2S/c1-2-31-30-42(40-18-11-19-43-44(40)41-29-28-36-16-9-10-17-39(36)46(41)50-43)48-47(38-26-22-35(23-27-38)33-14-7-4-8-15-33)49-45(31)37-24-20-34(21-25-37)32-12-5-3-6-13-32/h3-31H,2H2,1H3. The number of thiophene rings is 1. The van der Waals surface area contributed by atoms with Crippen molar-refractivity contribution < 1.29 is 0 Å². The molecular weight excluding hydrogens is 625 g/mol. The summed E-state index contributed by atoms with van der Waals surface area (Å²) in [6, 6.07) is 58.5. The molecular formula is C47H34N2S. The summed E-state index contributed by atoms with van der Waals surface area (Å²) in [4.78, 5) is 10.9. The van der Waals surface area contributed by atoms with E-state index >= 15 is 0 Å². The molecule has 2 nitrogen and oxygen atoms in total. The average Bonchev–Trinajstić information content (AvgIpc) is 3.47. The minimum absolute atomic E-state index is 0.0819. The van der Waals surface area contributed by atoms with Crippen molar-refractivity contribution in [3.8, 4) is 22.3 Å². The third-order valence-electron chi connectivity index (χ3n) is 9.80. The largest absolute Gasteiger partial charge is 0.232 e. The summed E-state index contributed by atoms with van der Waals surface area (Å²) in [5.74, 6) is 0.814. The molecule has 7 aromatic carbocycles. The lowest BCUT2D eigenvalue weighted by Crippen LogP contribution is -2.15. The summed E-state index contributed by atoms with van der Waals surface area (Å²) in [5, 5.41) is 5.10. The summed E-state index contributed by atoms with van der Waals surface area (Å²) in [6.07, 6.45) is 3.26. The smallest absolute Gasteiger partial charge is 0.160 e. The Bertz CT molecular complexity index is 2590. The first-order chi connectivity index (χ1) is 24.7.